The highest BCUT2D eigenvalue weighted by molar-refractivity contribution is 6.05. The van der Waals surface area contributed by atoms with Crippen molar-refractivity contribution in [3.63, 3.8) is 0 Å². The van der Waals surface area contributed by atoms with Crippen molar-refractivity contribution >= 4 is 23.2 Å². The Bertz CT molecular complexity index is 668. The van der Waals surface area contributed by atoms with Crippen molar-refractivity contribution in [3.05, 3.63) is 59.7 Å². The Hall–Kier alpha value is -2.66. The maximum atomic E-state index is 12.2. The molecule has 5 nitrogen and oxygen atoms in total. The van der Waals surface area contributed by atoms with Gasteiger partial charge in [0.1, 0.15) is 0 Å². The molecule has 2 aromatic rings. The zero-order chi connectivity index (χ0) is 15.2. The van der Waals surface area contributed by atoms with Crippen LogP contribution in [0, 0.1) is 6.92 Å². The minimum atomic E-state index is -0.300. The van der Waals surface area contributed by atoms with Gasteiger partial charge in [-0.05, 0) is 36.8 Å². The summed E-state index contributed by atoms with van der Waals surface area (Å²) in [5.74, 6) is -0.528. The van der Waals surface area contributed by atoms with E-state index in [1.807, 2.05) is 31.2 Å². The average molecular weight is 283 g/mol. The summed E-state index contributed by atoms with van der Waals surface area (Å²) >= 11 is 0. The molecule has 0 saturated heterocycles. The first-order valence-electron chi connectivity index (χ1n) is 6.57. The fourth-order valence-electron chi connectivity index (χ4n) is 1.86. The zero-order valence-electron chi connectivity index (χ0n) is 11.7. The van der Waals surface area contributed by atoms with Crippen LogP contribution in [0.3, 0.4) is 0 Å². The molecule has 0 saturated carbocycles. The summed E-state index contributed by atoms with van der Waals surface area (Å²) in [7, 11) is 0. The van der Waals surface area contributed by atoms with Gasteiger partial charge in [0.2, 0.25) is 5.91 Å². The van der Waals surface area contributed by atoms with Crippen molar-refractivity contribution in [1.29, 1.82) is 0 Å². The smallest absolute Gasteiger partial charge is 0.255 e. The van der Waals surface area contributed by atoms with Crippen molar-refractivity contribution in [3.8, 4) is 0 Å². The van der Waals surface area contributed by atoms with Crippen LogP contribution in [0.25, 0.3) is 0 Å². The third-order valence-electron chi connectivity index (χ3n) is 2.99. The highest BCUT2D eigenvalue weighted by Crippen LogP contribution is 2.16. The van der Waals surface area contributed by atoms with Gasteiger partial charge < -0.3 is 16.4 Å². The molecule has 5 heteroatoms. The van der Waals surface area contributed by atoms with Gasteiger partial charge in [0.15, 0.2) is 0 Å². The number of carbonyl (C=O) groups excluding carboxylic acids is 2. The lowest BCUT2D eigenvalue weighted by atomic mass is 10.1. The molecular formula is C16H17N3O2. The summed E-state index contributed by atoms with van der Waals surface area (Å²) in [5, 5.41) is 5.46. The first-order valence-corrected chi connectivity index (χ1v) is 6.57. The Labute approximate surface area is 123 Å². The molecule has 0 radical (unpaired) electrons. The van der Waals surface area contributed by atoms with E-state index in [0.717, 1.165) is 11.3 Å². The molecule has 0 atom stereocenters. The Balaban J connectivity index is 2.14. The van der Waals surface area contributed by atoms with Gasteiger partial charge in [-0.2, -0.15) is 0 Å². The number of anilines is 2. The van der Waals surface area contributed by atoms with Crippen LogP contribution in [0.5, 0.6) is 0 Å². The molecule has 0 unspecified atom stereocenters. The molecule has 0 aliphatic carbocycles. The van der Waals surface area contributed by atoms with E-state index in [4.69, 9.17) is 5.73 Å². The molecule has 0 spiro atoms. The van der Waals surface area contributed by atoms with E-state index >= 15 is 0 Å². The fraction of sp³-hybridized carbons (Fsp3) is 0.125. The second-order valence-corrected chi connectivity index (χ2v) is 4.60. The molecule has 21 heavy (non-hydrogen) atoms. The molecule has 0 bridgehead atoms. The van der Waals surface area contributed by atoms with E-state index in [9.17, 15) is 9.59 Å². The highest BCUT2D eigenvalue weighted by Gasteiger charge is 2.08. The van der Waals surface area contributed by atoms with Gasteiger partial charge in [-0.25, -0.2) is 0 Å². The molecule has 0 heterocycles. The molecular weight excluding hydrogens is 266 g/mol. The van der Waals surface area contributed by atoms with E-state index in [2.05, 4.69) is 10.6 Å². The van der Waals surface area contributed by atoms with Crippen molar-refractivity contribution in [1.82, 2.24) is 0 Å². The summed E-state index contributed by atoms with van der Waals surface area (Å²) in [5.41, 5.74) is 8.00. The van der Waals surface area contributed by atoms with E-state index in [-0.39, 0.29) is 18.4 Å². The largest absolute Gasteiger partial charge is 0.325 e. The normalized spacial score (nSPS) is 10.0. The molecule has 108 valence electrons. The molecule has 0 aliphatic rings. The van der Waals surface area contributed by atoms with Crippen LogP contribution in [0.1, 0.15) is 15.9 Å². The topological polar surface area (TPSA) is 84.2 Å². The number of nitrogens with two attached hydrogens (primary N) is 1. The standard InChI is InChI=1S/C16H17N3O2/c1-11-5-2-3-8-14(11)19-16(21)12-6-4-7-13(9-12)18-15(20)10-17/h2-9H,10,17H2,1H3,(H,18,20)(H,19,21). The van der Waals surface area contributed by atoms with Gasteiger partial charge in [0.05, 0.1) is 6.54 Å². The monoisotopic (exact) mass is 283 g/mol. The van der Waals surface area contributed by atoms with Gasteiger partial charge in [-0.3, -0.25) is 9.59 Å². The van der Waals surface area contributed by atoms with Crippen molar-refractivity contribution < 1.29 is 9.59 Å². The summed E-state index contributed by atoms with van der Waals surface area (Å²) in [6.07, 6.45) is 0. The maximum Gasteiger partial charge on any atom is 0.255 e. The lowest BCUT2D eigenvalue weighted by Gasteiger charge is -2.09. The Morgan fingerprint density at radius 1 is 1.05 bits per heavy atom. The van der Waals surface area contributed by atoms with Crippen LogP contribution in [-0.4, -0.2) is 18.4 Å². The summed E-state index contributed by atoms with van der Waals surface area (Å²) in [4.78, 5) is 23.5. The van der Waals surface area contributed by atoms with Crippen LogP contribution in [0.4, 0.5) is 11.4 Å². The van der Waals surface area contributed by atoms with Crippen LogP contribution < -0.4 is 16.4 Å². The van der Waals surface area contributed by atoms with Gasteiger partial charge in [0, 0.05) is 16.9 Å². The van der Waals surface area contributed by atoms with Crippen LogP contribution in [0.2, 0.25) is 0 Å². The van der Waals surface area contributed by atoms with E-state index in [1.54, 1.807) is 24.3 Å². The van der Waals surface area contributed by atoms with Gasteiger partial charge in [-0.15, -0.1) is 0 Å². The van der Waals surface area contributed by atoms with E-state index in [1.165, 1.54) is 0 Å². The molecule has 2 amide bonds. The number of carbonyl (C=O) groups is 2. The number of nitrogens with one attached hydrogen (secondary N) is 2. The third-order valence-corrected chi connectivity index (χ3v) is 2.99. The molecule has 0 aromatic heterocycles. The number of rotatable bonds is 4. The van der Waals surface area contributed by atoms with Crippen molar-refractivity contribution in [2.75, 3.05) is 17.2 Å². The lowest BCUT2D eigenvalue weighted by Crippen LogP contribution is -2.22. The minimum Gasteiger partial charge on any atom is -0.325 e. The fourth-order valence-corrected chi connectivity index (χ4v) is 1.86. The second kappa shape index (κ2) is 6.67. The predicted octanol–water partition coefficient (Wildman–Crippen LogP) is 2.14. The number of hydrogen-bond donors (Lipinski definition) is 3. The summed E-state index contributed by atoms with van der Waals surface area (Å²) in [6, 6.07) is 14.2. The molecule has 2 rings (SSSR count). The highest BCUT2D eigenvalue weighted by atomic mass is 16.2. The first-order chi connectivity index (χ1) is 10.1. The summed E-state index contributed by atoms with van der Waals surface area (Å²) < 4.78 is 0. The Kier molecular flexibility index (Phi) is 4.68. The number of hydrogen-bond acceptors (Lipinski definition) is 3. The molecule has 2 aromatic carbocycles. The van der Waals surface area contributed by atoms with E-state index < -0.39 is 0 Å². The van der Waals surface area contributed by atoms with Crippen LogP contribution in [-0.2, 0) is 4.79 Å². The first kappa shape index (κ1) is 14.7. The van der Waals surface area contributed by atoms with Crippen LogP contribution >= 0.6 is 0 Å². The minimum absolute atomic E-state index is 0.0976. The molecule has 0 fully saturated rings. The quantitative estimate of drug-likeness (QED) is 0.803. The number of para-hydroxylation sites is 1. The summed E-state index contributed by atoms with van der Waals surface area (Å²) in [6.45, 7) is 1.83. The second-order valence-electron chi connectivity index (χ2n) is 4.60. The van der Waals surface area contributed by atoms with Crippen molar-refractivity contribution in [2.45, 2.75) is 6.92 Å². The maximum absolute atomic E-state index is 12.2. The SMILES string of the molecule is Cc1ccccc1NC(=O)c1cccc(NC(=O)CN)c1. The van der Waals surface area contributed by atoms with E-state index in [0.29, 0.717) is 11.3 Å². The predicted molar refractivity (Wildman–Crippen MR) is 83.3 cm³/mol. The zero-order valence-corrected chi connectivity index (χ0v) is 11.7. The van der Waals surface area contributed by atoms with Crippen molar-refractivity contribution in [2.24, 2.45) is 5.73 Å². The number of benzene rings is 2. The Morgan fingerprint density at radius 3 is 2.52 bits per heavy atom. The third kappa shape index (κ3) is 3.90. The molecule has 0 aliphatic heterocycles. The van der Waals surface area contributed by atoms with Gasteiger partial charge in [0.25, 0.3) is 5.91 Å². The van der Waals surface area contributed by atoms with Gasteiger partial charge in [-0.1, -0.05) is 24.3 Å². The van der Waals surface area contributed by atoms with Crippen LogP contribution in [0.15, 0.2) is 48.5 Å². The number of aryl methyl sites for hydroxylation is 1. The Morgan fingerprint density at radius 2 is 1.81 bits per heavy atom. The van der Waals surface area contributed by atoms with Gasteiger partial charge >= 0.3 is 0 Å². The number of amides is 2. The average Bonchev–Trinajstić information content (AvgIpc) is 2.49. The lowest BCUT2D eigenvalue weighted by molar-refractivity contribution is -0.114. The molecule has 4 N–H and O–H groups in total.